The van der Waals surface area contributed by atoms with Crippen LogP contribution in [0.3, 0.4) is 0 Å². The smallest absolute Gasteiger partial charge is 0.123 e. The molecule has 1 saturated heterocycles. The summed E-state index contributed by atoms with van der Waals surface area (Å²) < 4.78 is 11.3. The van der Waals surface area contributed by atoms with Crippen molar-refractivity contribution in [2.45, 2.75) is 13.0 Å². The Hall–Kier alpha value is -2.36. The molecule has 2 aromatic heterocycles. The van der Waals surface area contributed by atoms with Crippen LogP contribution in [-0.4, -0.2) is 42.7 Å². The number of hydrogen-bond acceptors (Lipinski definition) is 6. The molecule has 1 unspecified atom stereocenters. The van der Waals surface area contributed by atoms with Crippen LogP contribution in [-0.2, 0) is 4.74 Å². The van der Waals surface area contributed by atoms with Crippen molar-refractivity contribution in [3.63, 3.8) is 0 Å². The van der Waals surface area contributed by atoms with E-state index in [0.29, 0.717) is 12.1 Å². The minimum atomic E-state index is 0.104. The fourth-order valence-corrected chi connectivity index (χ4v) is 2.78. The number of aromatic nitrogens is 1. The third kappa shape index (κ3) is 3.70. The molecule has 3 heterocycles. The zero-order valence-electron chi connectivity index (χ0n) is 13.2. The van der Waals surface area contributed by atoms with Crippen molar-refractivity contribution in [1.29, 1.82) is 5.26 Å². The molecule has 1 atom stereocenters. The van der Waals surface area contributed by atoms with E-state index in [9.17, 15) is 5.26 Å². The van der Waals surface area contributed by atoms with E-state index in [0.717, 1.165) is 43.5 Å². The maximum atomic E-state index is 9.18. The van der Waals surface area contributed by atoms with E-state index in [1.807, 2.05) is 25.1 Å². The third-order valence-electron chi connectivity index (χ3n) is 4.00. The molecule has 0 aromatic carbocycles. The maximum Gasteiger partial charge on any atom is 0.123 e. The summed E-state index contributed by atoms with van der Waals surface area (Å²) in [6.07, 6.45) is 3.26. The van der Waals surface area contributed by atoms with E-state index in [2.05, 4.69) is 21.3 Å². The molecular formula is C17H20N4O2. The topological polar surface area (TPSA) is 74.3 Å². The van der Waals surface area contributed by atoms with Crippen LogP contribution in [0.1, 0.15) is 23.1 Å². The molecule has 1 aliphatic rings. The summed E-state index contributed by atoms with van der Waals surface area (Å²) in [5.74, 6) is 1.84. The Balaban J connectivity index is 1.77. The molecule has 1 fully saturated rings. The van der Waals surface area contributed by atoms with Gasteiger partial charge in [0.2, 0.25) is 0 Å². The van der Waals surface area contributed by atoms with Gasteiger partial charge < -0.3 is 14.5 Å². The van der Waals surface area contributed by atoms with Crippen LogP contribution >= 0.6 is 0 Å². The minimum absolute atomic E-state index is 0.104. The average molecular weight is 312 g/mol. The molecule has 6 nitrogen and oxygen atoms in total. The Morgan fingerprint density at radius 2 is 2.17 bits per heavy atom. The van der Waals surface area contributed by atoms with Crippen molar-refractivity contribution < 1.29 is 9.15 Å². The highest BCUT2D eigenvalue weighted by molar-refractivity contribution is 5.55. The van der Waals surface area contributed by atoms with E-state index in [4.69, 9.17) is 9.15 Å². The van der Waals surface area contributed by atoms with Gasteiger partial charge in [-0.2, -0.15) is 5.26 Å². The summed E-state index contributed by atoms with van der Waals surface area (Å²) in [7, 11) is 0. The lowest BCUT2D eigenvalue weighted by atomic mass is 10.1. The van der Waals surface area contributed by atoms with Gasteiger partial charge in [-0.25, -0.2) is 0 Å². The number of nitrogens with zero attached hydrogens (tertiary/aromatic N) is 3. The number of rotatable bonds is 5. The van der Waals surface area contributed by atoms with E-state index >= 15 is 0 Å². The number of pyridine rings is 1. The number of anilines is 1. The van der Waals surface area contributed by atoms with Crippen molar-refractivity contribution in [3.8, 4) is 6.07 Å². The molecule has 0 radical (unpaired) electrons. The molecule has 120 valence electrons. The minimum Gasteiger partial charge on any atom is -0.465 e. The Morgan fingerprint density at radius 3 is 2.87 bits per heavy atom. The number of nitriles is 1. The van der Waals surface area contributed by atoms with Crippen molar-refractivity contribution in [2.75, 3.05) is 38.2 Å². The molecular weight excluding hydrogens is 292 g/mol. The quantitative estimate of drug-likeness (QED) is 0.913. The van der Waals surface area contributed by atoms with Gasteiger partial charge in [0.15, 0.2) is 0 Å². The number of morpholine rings is 1. The Morgan fingerprint density at radius 1 is 1.35 bits per heavy atom. The van der Waals surface area contributed by atoms with Gasteiger partial charge in [-0.1, -0.05) is 0 Å². The number of aryl methyl sites for hydroxylation is 1. The summed E-state index contributed by atoms with van der Waals surface area (Å²) in [5.41, 5.74) is 1.34. The van der Waals surface area contributed by atoms with Gasteiger partial charge in [-0.15, -0.1) is 0 Å². The highest BCUT2D eigenvalue weighted by atomic mass is 16.5. The highest BCUT2D eigenvalue weighted by Crippen LogP contribution is 2.25. The van der Waals surface area contributed by atoms with Crippen molar-refractivity contribution in [1.82, 2.24) is 9.88 Å². The van der Waals surface area contributed by atoms with Crippen LogP contribution in [0.5, 0.6) is 0 Å². The van der Waals surface area contributed by atoms with E-state index in [1.165, 1.54) is 0 Å². The van der Waals surface area contributed by atoms with E-state index in [1.54, 1.807) is 12.4 Å². The van der Waals surface area contributed by atoms with Crippen LogP contribution in [0, 0.1) is 18.3 Å². The first kappa shape index (κ1) is 15.5. The molecule has 0 spiro atoms. The summed E-state index contributed by atoms with van der Waals surface area (Å²) in [6, 6.07) is 8.09. The van der Waals surface area contributed by atoms with Gasteiger partial charge in [0.25, 0.3) is 0 Å². The first-order valence-electron chi connectivity index (χ1n) is 7.74. The van der Waals surface area contributed by atoms with Crippen LogP contribution in [0.25, 0.3) is 0 Å². The van der Waals surface area contributed by atoms with Crippen LogP contribution in [0.2, 0.25) is 0 Å². The standard InChI is InChI=1S/C17H20N4O2/c1-13-2-3-17(23-13)16(21-6-8-22-9-7-21)12-20-15-4-5-19-11-14(15)10-18/h2-5,11,16H,6-9,12H2,1H3,(H,19,20). The number of hydrogen-bond donors (Lipinski definition) is 1. The highest BCUT2D eigenvalue weighted by Gasteiger charge is 2.25. The Bertz CT molecular complexity index is 686. The van der Waals surface area contributed by atoms with E-state index in [-0.39, 0.29) is 6.04 Å². The van der Waals surface area contributed by atoms with Gasteiger partial charge in [0.1, 0.15) is 17.6 Å². The fraction of sp³-hybridized carbons (Fsp3) is 0.412. The average Bonchev–Trinajstić information content (AvgIpc) is 3.02. The van der Waals surface area contributed by atoms with Crippen LogP contribution in [0.15, 0.2) is 35.0 Å². The molecule has 0 saturated carbocycles. The molecule has 23 heavy (non-hydrogen) atoms. The van der Waals surface area contributed by atoms with E-state index < -0.39 is 0 Å². The SMILES string of the molecule is Cc1ccc(C(CNc2ccncc2C#N)N2CCOCC2)o1. The largest absolute Gasteiger partial charge is 0.465 e. The predicted molar refractivity (Wildman–Crippen MR) is 86.0 cm³/mol. The number of nitrogens with one attached hydrogen (secondary N) is 1. The molecule has 1 N–H and O–H groups in total. The van der Waals surface area contributed by atoms with Gasteiger partial charge in [-0.3, -0.25) is 9.88 Å². The normalized spacial score (nSPS) is 16.7. The predicted octanol–water partition coefficient (Wildman–Crippen LogP) is 2.34. The summed E-state index contributed by atoms with van der Waals surface area (Å²) >= 11 is 0. The number of ether oxygens (including phenoxy) is 1. The lowest BCUT2D eigenvalue weighted by Crippen LogP contribution is -2.41. The molecule has 3 rings (SSSR count). The zero-order valence-corrected chi connectivity index (χ0v) is 13.2. The van der Waals surface area contributed by atoms with Crippen molar-refractivity contribution >= 4 is 5.69 Å². The number of furan rings is 1. The Labute approximate surface area is 135 Å². The maximum absolute atomic E-state index is 9.18. The lowest BCUT2D eigenvalue weighted by molar-refractivity contribution is 0.0143. The van der Waals surface area contributed by atoms with Crippen molar-refractivity contribution in [3.05, 3.63) is 47.7 Å². The first-order chi connectivity index (χ1) is 11.3. The first-order valence-corrected chi connectivity index (χ1v) is 7.74. The lowest BCUT2D eigenvalue weighted by Gasteiger charge is -2.33. The second kappa shape index (κ2) is 7.27. The second-order valence-electron chi connectivity index (χ2n) is 5.53. The summed E-state index contributed by atoms with van der Waals surface area (Å²) in [5, 5.41) is 12.5. The van der Waals surface area contributed by atoms with Gasteiger partial charge in [0, 0.05) is 32.0 Å². The summed E-state index contributed by atoms with van der Waals surface area (Å²) in [6.45, 7) is 5.81. The van der Waals surface area contributed by atoms with Gasteiger partial charge >= 0.3 is 0 Å². The van der Waals surface area contributed by atoms with Crippen LogP contribution in [0.4, 0.5) is 5.69 Å². The van der Waals surface area contributed by atoms with Gasteiger partial charge in [-0.05, 0) is 25.1 Å². The summed E-state index contributed by atoms with van der Waals surface area (Å²) in [4.78, 5) is 6.34. The molecule has 0 bridgehead atoms. The molecule has 0 aliphatic carbocycles. The van der Waals surface area contributed by atoms with Gasteiger partial charge in [0.05, 0.1) is 30.5 Å². The fourth-order valence-electron chi connectivity index (χ4n) is 2.78. The molecule has 0 amide bonds. The second-order valence-corrected chi connectivity index (χ2v) is 5.53. The molecule has 1 aliphatic heterocycles. The third-order valence-corrected chi connectivity index (χ3v) is 4.00. The zero-order chi connectivity index (χ0) is 16.1. The Kier molecular flexibility index (Phi) is 4.91. The van der Waals surface area contributed by atoms with Crippen molar-refractivity contribution in [2.24, 2.45) is 0 Å². The monoisotopic (exact) mass is 312 g/mol. The van der Waals surface area contributed by atoms with Crippen LogP contribution < -0.4 is 5.32 Å². The molecule has 6 heteroatoms. The molecule has 2 aromatic rings.